The lowest BCUT2D eigenvalue weighted by Gasteiger charge is -2.22. The molecule has 8 heteroatoms. The zero-order valence-corrected chi connectivity index (χ0v) is 16.1. The molecule has 3 N–H and O–H groups in total. The molecule has 2 amide bonds. The maximum absolute atomic E-state index is 12.5. The molecule has 3 rings (SSSR count). The van der Waals surface area contributed by atoms with Gasteiger partial charge in [0, 0.05) is 25.4 Å². The zero-order valence-electron chi connectivity index (χ0n) is 16.1. The molecule has 0 fully saturated rings. The van der Waals surface area contributed by atoms with Gasteiger partial charge in [0.1, 0.15) is 5.82 Å². The van der Waals surface area contributed by atoms with E-state index < -0.39 is 5.97 Å². The largest absolute Gasteiger partial charge is 0.481 e. The number of nitrogens with one attached hydrogen (secondary N) is 2. The monoisotopic (exact) mass is 385 g/mol. The van der Waals surface area contributed by atoms with Gasteiger partial charge < -0.3 is 20.3 Å². The standard InChI is InChI=1S/C20H27N5O3/c1-14(19-24-23-17-9-5-6-12-25(17)19)21-20(28)22-16(10-11-18(26)27)13-15-7-3-2-4-8-15/h2-4,7-8,14,16H,5-6,9-13H2,1H3,(H,26,27)(H2,21,22,28). The first-order valence-corrected chi connectivity index (χ1v) is 9.77. The summed E-state index contributed by atoms with van der Waals surface area (Å²) in [6.45, 7) is 2.76. The fraction of sp³-hybridized carbons (Fsp3) is 0.500. The number of aliphatic carboxylic acids is 1. The van der Waals surface area contributed by atoms with Crippen molar-refractivity contribution in [3.05, 3.63) is 47.5 Å². The third kappa shape index (κ3) is 5.31. The number of carbonyl (C=O) groups is 2. The van der Waals surface area contributed by atoms with E-state index in [0.717, 1.165) is 43.0 Å². The molecule has 1 aromatic heterocycles. The van der Waals surface area contributed by atoms with Crippen molar-refractivity contribution in [2.45, 2.75) is 64.1 Å². The number of aryl methyl sites for hydroxylation is 1. The lowest BCUT2D eigenvalue weighted by molar-refractivity contribution is -0.137. The van der Waals surface area contributed by atoms with Gasteiger partial charge in [0.25, 0.3) is 0 Å². The van der Waals surface area contributed by atoms with Crippen molar-refractivity contribution in [3.8, 4) is 0 Å². The van der Waals surface area contributed by atoms with Gasteiger partial charge in [0.2, 0.25) is 0 Å². The maximum Gasteiger partial charge on any atom is 0.315 e. The number of amides is 2. The van der Waals surface area contributed by atoms with Crippen molar-refractivity contribution in [1.29, 1.82) is 0 Å². The summed E-state index contributed by atoms with van der Waals surface area (Å²) in [6.07, 6.45) is 4.07. The van der Waals surface area contributed by atoms with E-state index in [-0.39, 0.29) is 24.5 Å². The first-order chi connectivity index (χ1) is 13.5. The van der Waals surface area contributed by atoms with Crippen LogP contribution in [-0.2, 0) is 24.2 Å². The summed E-state index contributed by atoms with van der Waals surface area (Å²) in [6, 6.07) is 8.86. The summed E-state index contributed by atoms with van der Waals surface area (Å²) in [5.74, 6) is 0.859. The minimum atomic E-state index is -0.872. The van der Waals surface area contributed by atoms with Gasteiger partial charge in [-0.3, -0.25) is 4.79 Å². The second-order valence-electron chi connectivity index (χ2n) is 7.24. The highest BCUT2D eigenvalue weighted by Gasteiger charge is 2.22. The molecule has 2 unspecified atom stereocenters. The minimum Gasteiger partial charge on any atom is -0.481 e. The number of benzene rings is 1. The van der Waals surface area contributed by atoms with Crippen LogP contribution in [0.25, 0.3) is 0 Å². The first-order valence-electron chi connectivity index (χ1n) is 9.77. The number of hydrogen-bond donors (Lipinski definition) is 3. The molecule has 0 bridgehead atoms. The first kappa shape index (κ1) is 19.9. The average Bonchev–Trinajstić information content (AvgIpc) is 3.11. The number of nitrogens with zero attached hydrogens (tertiary/aromatic N) is 3. The van der Waals surface area contributed by atoms with Crippen LogP contribution in [0, 0.1) is 0 Å². The third-order valence-electron chi connectivity index (χ3n) is 4.99. The minimum absolute atomic E-state index is 0.00498. The Balaban J connectivity index is 1.60. The Labute approximate surface area is 164 Å². The summed E-state index contributed by atoms with van der Waals surface area (Å²) >= 11 is 0. The molecule has 2 heterocycles. The molecule has 1 aliphatic heterocycles. The van der Waals surface area contributed by atoms with Gasteiger partial charge in [-0.25, -0.2) is 4.79 Å². The van der Waals surface area contributed by atoms with Crippen molar-refractivity contribution in [1.82, 2.24) is 25.4 Å². The third-order valence-corrected chi connectivity index (χ3v) is 4.99. The van der Waals surface area contributed by atoms with Crippen LogP contribution in [0.4, 0.5) is 4.79 Å². The number of rotatable bonds is 8. The van der Waals surface area contributed by atoms with Crippen LogP contribution in [0.1, 0.15) is 55.9 Å². The van der Waals surface area contributed by atoms with Crippen molar-refractivity contribution in [2.75, 3.05) is 0 Å². The van der Waals surface area contributed by atoms with E-state index in [1.165, 1.54) is 0 Å². The highest BCUT2D eigenvalue weighted by Crippen LogP contribution is 2.18. The van der Waals surface area contributed by atoms with Crippen LogP contribution in [0.2, 0.25) is 0 Å². The zero-order chi connectivity index (χ0) is 19.9. The Morgan fingerprint density at radius 3 is 2.71 bits per heavy atom. The van der Waals surface area contributed by atoms with E-state index in [2.05, 4.69) is 25.4 Å². The average molecular weight is 385 g/mol. The molecule has 8 nitrogen and oxygen atoms in total. The van der Waals surface area contributed by atoms with Crippen molar-refractivity contribution in [3.63, 3.8) is 0 Å². The van der Waals surface area contributed by atoms with Crippen molar-refractivity contribution >= 4 is 12.0 Å². The predicted molar refractivity (Wildman–Crippen MR) is 104 cm³/mol. The molecule has 150 valence electrons. The molecule has 28 heavy (non-hydrogen) atoms. The summed E-state index contributed by atoms with van der Waals surface area (Å²) in [7, 11) is 0. The number of carboxylic acids is 1. The number of fused-ring (bicyclic) bond motifs is 1. The summed E-state index contributed by atoms with van der Waals surface area (Å²) < 4.78 is 2.08. The summed E-state index contributed by atoms with van der Waals surface area (Å²) in [5.41, 5.74) is 1.05. The topological polar surface area (TPSA) is 109 Å². The van der Waals surface area contributed by atoms with E-state index in [1.54, 1.807) is 0 Å². The quantitative estimate of drug-likeness (QED) is 0.647. The van der Waals surface area contributed by atoms with Crippen LogP contribution in [-0.4, -0.2) is 37.9 Å². The molecule has 0 aliphatic carbocycles. The molecule has 1 aliphatic rings. The summed E-state index contributed by atoms with van der Waals surface area (Å²) in [4.78, 5) is 23.5. The van der Waals surface area contributed by atoms with Crippen LogP contribution in [0.15, 0.2) is 30.3 Å². The Kier molecular flexibility index (Phi) is 6.62. The number of urea groups is 1. The number of carboxylic acid groups (broad SMARTS) is 1. The highest BCUT2D eigenvalue weighted by molar-refractivity contribution is 5.74. The normalized spacial score (nSPS) is 15.3. The lowest BCUT2D eigenvalue weighted by atomic mass is 10.0. The molecule has 0 saturated carbocycles. The second-order valence-corrected chi connectivity index (χ2v) is 7.24. The van der Waals surface area contributed by atoms with Gasteiger partial charge >= 0.3 is 12.0 Å². The maximum atomic E-state index is 12.5. The smallest absolute Gasteiger partial charge is 0.315 e. The van der Waals surface area contributed by atoms with E-state index >= 15 is 0 Å². The Morgan fingerprint density at radius 2 is 1.96 bits per heavy atom. The molecular formula is C20H27N5O3. The van der Waals surface area contributed by atoms with Gasteiger partial charge in [-0.15, -0.1) is 10.2 Å². The SMILES string of the molecule is CC(NC(=O)NC(CCC(=O)O)Cc1ccccc1)c1nnc2n1CCCC2. The Hall–Kier alpha value is -2.90. The molecule has 1 aromatic carbocycles. The van der Waals surface area contributed by atoms with Gasteiger partial charge in [-0.05, 0) is 38.2 Å². The Bertz CT molecular complexity index is 805. The highest BCUT2D eigenvalue weighted by atomic mass is 16.4. The number of hydrogen-bond acceptors (Lipinski definition) is 4. The van der Waals surface area contributed by atoms with E-state index in [4.69, 9.17) is 5.11 Å². The molecule has 2 aromatic rings. The molecule has 0 radical (unpaired) electrons. The van der Waals surface area contributed by atoms with Gasteiger partial charge in [-0.1, -0.05) is 30.3 Å². The van der Waals surface area contributed by atoms with Gasteiger partial charge in [0.15, 0.2) is 5.82 Å². The van der Waals surface area contributed by atoms with Crippen molar-refractivity contribution in [2.24, 2.45) is 0 Å². The number of aromatic nitrogens is 3. The molecular weight excluding hydrogens is 358 g/mol. The van der Waals surface area contributed by atoms with Gasteiger partial charge in [-0.2, -0.15) is 0 Å². The molecule has 2 atom stereocenters. The molecule has 0 spiro atoms. The van der Waals surface area contributed by atoms with Crippen molar-refractivity contribution < 1.29 is 14.7 Å². The fourth-order valence-electron chi connectivity index (χ4n) is 3.56. The van der Waals surface area contributed by atoms with E-state index in [0.29, 0.717) is 12.8 Å². The molecule has 0 saturated heterocycles. The van der Waals surface area contributed by atoms with Crippen LogP contribution >= 0.6 is 0 Å². The van der Waals surface area contributed by atoms with Crippen LogP contribution in [0.5, 0.6) is 0 Å². The summed E-state index contributed by atoms with van der Waals surface area (Å²) in [5, 5.41) is 23.3. The Morgan fingerprint density at radius 1 is 1.18 bits per heavy atom. The fourth-order valence-corrected chi connectivity index (χ4v) is 3.56. The lowest BCUT2D eigenvalue weighted by Crippen LogP contribution is -2.44. The number of carbonyl (C=O) groups excluding carboxylic acids is 1. The predicted octanol–water partition coefficient (Wildman–Crippen LogP) is 2.45. The van der Waals surface area contributed by atoms with Crippen LogP contribution < -0.4 is 10.6 Å². The van der Waals surface area contributed by atoms with E-state index in [9.17, 15) is 9.59 Å². The second kappa shape index (κ2) is 9.34. The van der Waals surface area contributed by atoms with E-state index in [1.807, 2.05) is 37.3 Å². The van der Waals surface area contributed by atoms with Gasteiger partial charge in [0.05, 0.1) is 6.04 Å². The van der Waals surface area contributed by atoms with Crippen LogP contribution in [0.3, 0.4) is 0 Å².